The van der Waals surface area contributed by atoms with Gasteiger partial charge in [-0.1, -0.05) is 11.2 Å². The van der Waals surface area contributed by atoms with E-state index in [2.05, 4.69) is 19.6 Å². The summed E-state index contributed by atoms with van der Waals surface area (Å²) in [7, 11) is 0. The van der Waals surface area contributed by atoms with Crippen molar-refractivity contribution in [3.05, 3.63) is 63.4 Å². The van der Waals surface area contributed by atoms with E-state index in [1.807, 2.05) is 0 Å². The molecule has 0 fully saturated rings. The van der Waals surface area contributed by atoms with Gasteiger partial charge in [-0.3, -0.25) is 4.79 Å². The Balaban J connectivity index is 1.65. The molecule has 0 unspecified atom stereocenters. The maximum Gasteiger partial charge on any atom is 0.471 e. The van der Waals surface area contributed by atoms with Crippen LogP contribution in [0.2, 0.25) is 0 Å². The van der Waals surface area contributed by atoms with E-state index < -0.39 is 12.1 Å². The Labute approximate surface area is 158 Å². The van der Waals surface area contributed by atoms with Crippen LogP contribution in [-0.4, -0.2) is 21.7 Å². The number of benzene rings is 1. The zero-order chi connectivity index (χ0) is 20.3. The van der Waals surface area contributed by atoms with Crippen LogP contribution in [0.15, 0.2) is 39.8 Å². The van der Waals surface area contributed by atoms with Crippen molar-refractivity contribution in [1.29, 1.82) is 0 Å². The van der Waals surface area contributed by atoms with Crippen molar-refractivity contribution < 1.29 is 22.4 Å². The molecule has 1 aromatic carbocycles. The van der Waals surface area contributed by atoms with Crippen molar-refractivity contribution in [3.63, 3.8) is 0 Å². The molecule has 2 aromatic heterocycles. The highest BCUT2D eigenvalue weighted by Gasteiger charge is 2.38. The molecule has 0 saturated heterocycles. The van der Waals surface area contributed by atoms with Crippen LogP contribution >= 0.6 is 0 Å². The highest BCUT2D eigenvalue weighted by Crippen LogP contribution is 2.32. The van der Waals surface area contributed by atoms with Gasteiger partial charge in [0.2, 0.25) is 11.4 Å². The van der Waals surface area contributed by atoms with E-state index in [0.29, 0.717) is 17.9 Å². The lowest BCUT2D eigenvalue weighted by molar-refractivity contribution is -0.159. The van der Waals surface area contributed by atoms with Gasteiger partial charge in [0.05, 0.1) is 6.61 Å². The number of pyridine rings is 1. The quantitative estimate of drug-likeness (QED) is 0.639. The normalized spacial score (nSPS) is 11.6. The molecule has 1 N–H and O–H groups in total. The zero-order valence-corrected chi connectivity index (χ0v) is 15.3. The molecule has 3 aromatic rings. The molecule has 6 nitrogen and oxygen atoms in total. The van der Waals surface area contributed by atoms with Crippen LogP contribution in [-0.2, 0) is 12.6 Å². The molecule has 0 aliphatic rings. The first kappa shape index (κ1) is 19.7. The number of rotatable bonds is 6. The van der Waals surface area contributed by atoms with E-state index in [1.54, 1.807) is 38.2 Å². The van der Waals surface area contributed by atoms with Crippen molar-refractivity contribution in [2.45, 2.75) is 32.9 Å². The maximum absolute atomic E-state index is 12.6. The molecule has 0 amide bonds. The molecule has 3 rings (SSSR count). The molecule has 0 radical (unpaired) electrons. The fraction of sp³-hybridized carbons (Fsp3) is 0.316. The molecule has 0 bridgehead atoms. The summed E-state index contributed by atoms with van der Waals surface area (Å²) < 4.78 is 48.0. The Morgan fingerprint density at radius 2 is 1.89 bits per heavy atom. The number of hydrogen-bond acceptors (Lipinski definition) is 5. The fourth-order valence-corrected chi connectivity index (χ4v) is 2.81. The number of nitrogens with zero attached hydrogens (tertiary/aromatic N) is 2. The van der Waals surface area contributed by atoms with Gasteiger partial charge in [-0.2, -0.15) is 18.2 Å². The summed E-state index contributed by atoms with van der Waals surface area (Å²) >= 11 is 0. The third kappa shape index (κ3) is 4.59. The van der Waals surface area contributed by atoms with E-state index in [0.717, 1.165) is 29.5 Å². The fourth-order valence-electron chi connectivity index (χ4n) is 2.81. The maximum atomic E-state index is 12.6. The van der Waals surface area contributed by atoms with Gasteiger partial charge in [-0.15, -0.1) is 0 Å². The van der Waals surface area contributed by atoms with E-state index in [-0.39, 0.29) is 11.4 Å². The molecule has 0 spiro atoms. The number of halogens is 3. The molecule has 0 aliphatic heterocycles. The topological polar surface area (TPSA) is 81.0 Å². The first-order valence-electron chi connectivity index (χ1n) is 8.57. The molecule has 9 heteroatoms. The third-order valence-electron chi connectivity index (χ3n) is 4.09. The van der Waals surface area contributed by atoms with Crippen LogP contribution in [0, 0.1) is 13.8 Å². The Hall–Kier alpha value is -3.10. The minimum atomic E-state index is -4.68. The number of aromatic nitrogens is 3. The number of H-pyrrole nitrogens is 1. The molecule has 28 heavy (non-hydrogen) atoms. The van der Waals surface area contributed by atoms with E-state index in [9.17, 15) is 18.0 Å². The largest absolute Gasteiger partial charge is 0.493 e. The lowest BCUT2D eigenvalue weighted by Crippen LogP contribution is -2.06. The monoisotopic (exact) mass is 393 g/mol. The molecular weight excluding hydrogens is 375 g/mol. The van der Waals surface area contributed by atoms with Gasteiger partial charge in [0.1, 0.15) is 5.75 Å². The van der Waals surface area contributed by atoms with Crippen LogP contribution in [0.1, 0.15) is 29.0 Å². The standard InChI is InChI=1S/C19H18F3N3O3/c1-11-8-14(17-24-18(28-25-17)19(20,21)22)9-12(2)16(11)27-7-3-4-13-5-6-15(26)23-10-13/h5-6,8-10H,3-4,7H2,1-2H3,(H,23,26). The predicted octanol–water partition coefficient (Wildman–Crippen LogP) is 4.07. The number of hydrogen-bond donors (Lipinski definition) is 1. The first-order chi connectivity index (χ1) is 13.2. The van der Waals surface area contributed by atoms with Crippen LogP contribution in [0.5, 0.6) is 5.75 Å². The van der Waals surface area contributed by atoms with E-state index in [4.69, 9.17) is 4.74 Å². The predicted molar refractivity (Wildman–Crippen MR) is 95.1 cm³/mol. The van der Waals surface area contributed by atoms with Crippen LogP contribution in [0.3, 0.4) is 0 Å². The SMILES string of the molecule is Cc1cc(-c2noc(C(F)(F)F)n2)cc(C)c1OCCCc1ccc(=O)[nH]c1. The van der Waals surface area contributed by atoms with Gasteiger partial charge in [-0.25, -0.2) is 0 Å². The van der Waals surface area contributed by atoms with Crippen molar-refractivity contribution in [2.24, 2.45) is 0 Å². The van der Waals surface area contributed by atoms with Gasteiger partial charge >= 0.3 is 12.1 Å². The van der Waals surface area contributed by atoms with Crippen molar-refractivity contribution >= 4 is 0 Å². The summed E-state index contributed by atoms with van der Waals surface area (Å²) in [5, 5.41) is 3.41. The van der Waals surface area contributed by atoms with Gasteiger partial charge in [0.25, 0.3) is 0 Å². The minimum Gasteiger partial charge on any atom is -0.493 e. The summed E-state index contributed by atoms with van der Waals surface area (Å²) in [4.78, 5) is 17.1. The average Bonchev–Trinajstić information content (AvgIpc) is 3.12. The number of aryl methyl sites for hydroxylation is 3. The van der Waals surface area contributed by atoms with Gasteiger partial charge < -0.3 is 14.2 Å². The highest BCUT2D eigenvalue weighted by atomic mass is 19.4. The summed E-state index contributed by atoms with van der Waals surface area (Å²) in [5.74, 6) is -0.826. The Morgan fingerprint density at radius 1 is 1.18 bits per heavy atom. The first-order valence-corrected chi connectivity index (χ1v) is 8.57. The number of ether oxygens (including phenoxy) is 1. The van der Waals surface area contributed by atoms with Gasteiger partial charge in [0.15, 0.2) is 0 Å². The Morgan fingerprint density at radius 3 is 2.46 bits per heavy atom. The van der Waals surface area contributed by atoms with Crippen LogP contribution in [0.4, 0.5) is 13.2 Å². The Bertz CT molecular complexity index is 981. The van der Waals surface area contributed by atoms with Crippen molar-refractivity contribution in [2.75, 3.05) is 6.61 Å². The summed E-state index contributed by atoms with van der Waals surface area (Å²) in [6, 6.07) is 6.57. The number of aromatic amines is 1. The smallest absolute Gasteiger partial charge is 0.471 e. The van der Waals surface area contributed by atoms with Gasteiger partial charge in [0, 0.05) is 17.8 Å². The summed E-state index contributed by atoms with van der Waals surface area (Å²) in [5.41, 5.74) is 2.81. The van der Waals surface area contributed by atoms with Crippen molar-refractivity contribution in [3.8, 4) is 17.1 Å². The zero-order valence-electron chi connectivity index (χ0n) is 15.3. The van der Waals surface area contributed by atoms with E-state index >= 15 is 0 Å². The second-order valence-electron chi connectivity index (χ2n) is 6.37. The number of alkyl halides is 3. The molecule has 0 atom stereocenters. The van der Waals surface area contributed by atoms with Crippen molar-refractivity contribution in [1.82, 2.24) is 15.1 Å². The molecular formula is C19H18F3N3O3. The van der Waals surface area contributed by atoms with E-state index in [1.165, 1.54) is 6.07 Å². The van der Waals surface area contributed by atoms with Gasteiger partial charge in [-0.05, 0) is 55.5 Å². The molecule has 148 valence electrons. The molecule has 0 saturated carbocycles. The molecule has 2 heterocycles. The summed E-state index contributed by atoms with van der Waals surface area (Å²) in [6.45, 7) is 4.07. The highest BCUT2D eigenvalue weighted by molar-refractivity contribution is 5.61. The lowest BCUT2D eigenvalue weighted by atomic mass is 10.1. The average molecular weight is 393 g/mol. The lowest BCUT2D eigenvalue weighted by Gasteiger charge is -2.13. The Kier molecular flexibility index (Phi) is 5.53. The summed E-state index contributed by atoms with van der Waals surface area (Å²) in [6.07, 6.45) is -1.51. The third-order valence-corrected chi connectivity index (χ3v) is 4.09. The van der Waals surface area contributed by atoms with Crippen LogP contribution in [0.25, 0.3) is 11.4 Å². The number of nitrogens with one attached hydrogen (secondary N) is 1. The second-order valence-corrected chi connectivity index (χ2v) is 6.37. The minimum absolute atomic E-state index is 0.122. The molecule has 0 aliphatic carbocycles. The second kappa shape index (κ2) is 7.87. The van der Waals surface area contributed by atoms with Crippen LogP contribution < -0.4 is 10.3 Å².